The van der Waals surface area contributed by atoms with Gasteiger partial charge in [-0.3, -0.25) is 5.01 Å². The third-order valence-corrected chi connectivity index (χ3v) is 0.580. The first-order chi connectivity index (χ1) is 2.89. The quantitative estimate of drug-likeness (QED) is 0.409. The smallest absolute Gasteiger partial charge is 0.195 e. The third kappa shape index (κ3) is 0.429. The van der Waals surface area contributed by atoms with Crippen LogP contribution in [0.1, 0.15) is 0 Å². The molecule has 6 heavy (non-hydrogen) atoms. The van der Waals surface area contributed by atoms with Crippen LogP contribution in [0.5, 0.6) is 0 Å². The Kier molecular flexibility index (Phi) is 0.670. The number of hydrogen-bond acceptors (Lipinski definition) is 3. The Morgan fingerprint density at radius 2 is 2.83 bits per heavy atom. The Morgan fingerprint density at radius 1 is 2.00 bits per heavy atom. The molecule has 1 rings (SSSR count). The summed E-state index contributed by atoms with van der Waals surface area (Å²) >= 11 is 0. The van der Waals surface area contributed by atoms with E-state index in [1.54, 1.807) is 5.01 Å². The summed E-state index contributed by atoms with van der Waals surface area (Å²) in [6.07, 6.45) is 1.43. The van der Waals surface area contributed by atoms with Gasteiger partial charge in [0.15, 0.2) is 13.1 Å². The molecule has 0 unspecified atom stereocenters. The molecule has 3 nitrogen and oxygen atoms in total. The Hall–Kier alpha value is -0.730. The summed E-state index contributed by atoms with van der Waals surface area (Å²) in [5.74, 6) is 0. The molecule has 0 bridgehead atoms. The van der Waals surface area contributed by atoms with E-state index in [0.29, 0.717) is 6.73 Å². The van der Waals surface area contributed by atoms with E-state index in [1.165, 1.54) is 6.40 Å². The van der Waals surface area contributed by atoms with Crippen LogP contribution in [0.2, 0.25) is 0 Å². The van der Waals surface area contributed by atoms with Crippen molar-refractivity contribution in [3.63, 3.8) is 0 Å². The highest BCUT2D eigenvalue weighted by Crippen LogP contribution is 1.88. The molecule has 0 radical (unpaired) electrons. The number of rotatable bonds is 0. The fraction of sp³-hybridized carbons (Fsp3) is 0.667. The van der Waals surface area contributed by atoms with E-state index in [0.717, 1.165) is 0 Å². The summed E-state index contributed by atoms with van der Waals surface area (Å²) in [4.78, 5) is 0. The zero-order valence-corrected chi connectivity index (χ0v) is 3.59. The predicted octanol–water partition coefficient (Wildman–Crippen LogP) is -0.151. The minimum absolute atomic E-state index is 0.597. The van der Waals surface area contributed by atoms with Gasteiger partial charge in [-0.15, -0.1) is 5.10 Å². The summed E-state index contributed by atoms with van der Waals surface area (Å²) in [5.41, 5.74) is 0. The van der Waals surface area contributed by atoms with Crippen molar-refractivity contribution in [3.05, 3.63) is 0 Å². The van der Waals surface area contributed by atoms with Gasteiger partial charge in [-0.05, 0) is 0 Å². The second kappa shape index (κ2) is 1.16. The maximum absolute atomic E-state index is 4.69. The highest BCUT2D eigenvalue weighted by Gasteiger charge is 1.94. The summed E-state index contributed by atoms with van der Waals surface area (Å²) in [5, 5.41) is 5.43. The number of ether oxygens (including phenoxy) is 1. The Labute approximate surface area is 36.2 Å². The van der Waals surface area contributed by atoms with E-state index in [1.807, 2.05) is 7.05 Å². The molecule has 0 fully saturated rings. The van der Waals surface area contributed by atoms with Gasteiger partial charge in [0.25, 0.3) is 0 Å². The molecule has 0 aromatic rings. The molecular formula is C3H6N2O. The fourth-order valence-corrected chi connectivity index (χ4v) is 0.288. The van der Waals surface area contributed by atoms with E-state index < -0.39 is 0 Å². The molecule has 0 saturated heterocycles. The van der Waals surface area contributed by atoms with Crippen molar-refractivity contribution in [2.75, 3.05) is 13.8 Å². The minimum Gasteiger partial charge on any atom is -0.460 e. The molecule has 0 aromatic carbocycles. The summed E-state index contributed by atoms with van der Waals surface area (Å²) in [7, 11) is 1.85. The van der Waals surface area contributed by atoms with Gasteiger partial charge in [-0.2, -0.15) is 0 Å². The fourth-order valence-electron chi connectivity index (χ4n) is 0.288. The zero-order valence-electron chi connectivity index (χ0n) is 3.59. The molecule has 0 N–H and O–H groups in total. The first-order valence-electron chi connectivity index (χ1n) is 1.75. The minimum atomic E-state index is 0.597. The predicted molar refractivity (Wildman–Crippen MR) is 22.2 cm³/mol. The number of hydrogen-bond donors (Lipinski definition) is 0. The molecule has 34 valence electrons. The molecule has 1 aliphatic rings. The number of hydrazone groups is 1. The van der Waals surface area contributed by atoms with E-state index in [4.69, 9.17) is 4.74 Å². The van der Waals surface area contributed by atoms with Crippen LogP contribution in [0.3, 0.4) is 0 Å². The van der Waals surface area contributed by atoms with Gasteiger partial charge in [0.1, 0.15) is 0 Å². The first kappa shape index (κ1) is 3.46. The lowest BCUT2D eigenvalue weighted by molar-refractivity contribution is 0.203. The molecule has 0 saturated carbocycles. The SMILES string of the molecule is CN1COC=N1. The standard InChI is InChI=1S/C3H6N2O/c1-5-3-6-2-4-5/h2H,3H2,1H3. The average Bonchev–Trinajstić information content (AvgIpc) is 1.86. The van der Waals surface area contributed by atoms with Crippen LogP contribution in [0.25, 0.3) is 0 Å². The third-order valence-electron chi connectivity index (χ3n) is 0.580. The van der Waals surface area contributed by atoms with Gasteiger partial charge < -0.3 is 4.74 Å². The van der Waals surface area contributed by atoms with Gasteiger partial charge in [-0.25, -0.2) is 0 Å². The zero-order chi connectivity index (χ0) is 4.41. The van der Waals surface area contributed by atoms with Crippen molar-refractivity contribution in [3.8, 4) is 0 Å². The first-order valence-corrected chi connectivity index (χ1v) is 1.75. The largest absolute Gasteiger partial charge is 0.460 e. The van der Waals surface area contributed by atoms with Gasteiger partial charge in [0, 0.05) is 7.05 Å². The van der Waals surface area contributed by atoms with Crippen LogP contribution in [0, 0.1) is 0 Å². The van der Waals surface area contributed by atoms with Crippen molar-refractivity contribution >= 4 is 6.40 Å². The average molecular weight is 86.1 g/mol. The van der Waals surface area contributed by atoms with Crippen LogP contribution in [-0.4, -0.2) is 25.2 Å². The van der Waals surface area contributed by atoms with E-state index >= 15 is 0 Å². The van der Waals surface area contributed by atoms with Gasteiger partial charge >= 0.3 is 0 Å². The molecule has 3 heteroatoms. The van der Waals surface area contributed by atoms with E-state index in [2.05, 4.69) is 5.10 Å². The second-order valence-electron chi connectivity index (χ2n) is 1.17. The van der Waals surface area contributed by atoms with Crippen molar-refractivity contribution in [2.24, 2.45) is 5.10 Å². The van der Waals surface area contributed by atoms with Crippen molar-refractivity contribution in [1.82, 2.24) is 5.01 Å². The van der Waals surface area contributed by atoms with Crippen LogP contribution in [0.4, 0.5) is 0 Å². The van der Waals surface area contributed by atoms with Crippen LogP contribution < -0.4 is 0 Å². The molecule has 0 aromatic heterocycles. The Bertz CT molecular complexity index is 71.2. The lowest BCUT2D eigenvalue weighted by Crippen LogP contribution is -2.05. The lowest BCUT2D eigenvalue weighted by atomic mass is 11.1. The van der Waals surface area contributed by atoms with E-state index in [-0.39, 0.29) is 0 Å². The van der Waals surface area contributed by atoms with Crippen molar-refractivity contribution in [1.29, 1.82) is 0 Å². The summed E-state index contributed by atoms with van der Waals surface area (Å²) in [6, 6.07) is 0. The molecule has 0 amide bonds. The summed E-state index contributed by atoms with van der Waals surface area (Å²) < 4.78 is 4.69. The Balaban J connectivity index is 2.38. The molecule has 0 spiro atoms. The maximum atomic E-state index is 4.69. The van der Waals surface area contributed by atoms with Crippen LogP contribution in [-0.2, 0) is 4.74 Å². The van der Waals surface area contributed by atoms with Gasteiger partial charge in [-0.1, -0.05) is 0 Å². The van der Waals surface area contributed by atoms with Crippen molar-refractivity contribution in [2.45, 2.75) is 0 Å². The molecule has 0 atom stereocenters. The Morgan fingerprint density at radius 3 is 3.00 bits per heavy atom. The van der Waals surface area contributed by atoms with Crippen molar-refractivity contribution < 1.29 is 4.74 Å². The van der Waals surface area contributed by atoms with E-state index in [9.17, 15) is 0 Å². The van der Waals surface area contributed by atoms with Crippen LogP contribution >= 0.6 is 0 Å². The highest BCUT2D eigenvalue weighted by atomic mass is 16.5. The van der Waals surface area contributed by atoms with Gasteiger partial charge in [0.2, 0.25) is 0 Å². The molecular weight excluding hydrogens is 80.0 g/mol. The topological polar surface area (TPSA) is 24.8 Å². The normalized spacial score (nSPS) is 18.5. The second-order valence-corrected chi connectivity index (χ2v) is 1.17. The summed E-state index contributed by atoms with van der Waals surface area (Å²) in [6.45, 7) is 0.597. The molecule has 1 aliphatic heterocycles. The highest BCUT2D eigenvalue weighted by molar-refractivity contribution is 5.46. The lowest BCUT2D eigenvalue weighted by Gasteiger charge is -1.98. The van der Waals surface area contributed by atoms with Crippen LogP contribution in [0.15, 0.2) is 5.10 Å². The molecule has 1 heterocycles. The monoisotopic (exact) mass is 86.0 g/mol. The molecule has 0 aliphatic carbocycles. The maximum Gasteiger partial charge on any atom is 0.195 e. The van der Waals surface area contributed by atoms with Gasteiger partial charge in [0.05, 0.1) is 0 Å². The number of nitrogens with zero attached hydrogens (tertiary/aromatic N) is 2.